The van der Waals surface area contributed by atoms with Crippen LogP contribution in [0, 0.1) is 5.41 Å². The minimum absolute atomic E-state index is 0.0148. The van der Waals surface area contributed by atoms with Gasteiger partial charge in [-0.2, -0.15) is 0 Å². The van der Waals surface area contributed by atoms with E-state index in [0.29, 0.717) is 0 Å². The molecule has 1 heterocycles. The van der Waals surface area contributed by atoms with Crippen LogP contribution in [0.15, 0.2) is 0 Å². The number of hydrogen-bond acceptors (Lipinski definition) is 22. The van der Waals surface area contributed by atoms with E-state index >= 15 is 0 Å². The summed E-state index contributed by atoms with van der Waals surface area (Å²) < 4.78 is 59.7. The number of aldehydes is 1. The van der Waals surface area contributed by atoms with Crippen molar-refractivity contribution < 1.29 is 107 Å². The zero-order valence-electron chi connectivity index (χ0n) is 35.8. The molecule has 1 rings (SSSR count). The standard InChI is InChI=1S/C38H72N2O22/c1-27(44)28(22-42)61-37(35(50)51)60-21-19-55-17-15-53-13-7-40-31(46)5-11-58-26-38(2,24-56-9-3-8-41)25-57-10-4-30(45)39-6-12-52-14-16-54-18-20-59-36-34(49)33(48)32(47)29(23-43)62-36/h8,27-29,32-37,42-44,47-51H,3-7,9-26H2,1-2H3,(H,39,45)(H,40,46). The van der Waals surface area contributed by atoms with E-state index in [2.05, 4.69) is 10.6 Å². The van der Waals surface area contributed by atoms with Crippen LogP contribution in [0.2, 0.25) is 0 Å². The third kappa shape index (κ3) is 27.2. The number of aliphatic hydroxyl groups excluding tert-OH is 7. The Morgan fingerprint density at radius 2 is 1.18 bits per heavy atom. The van der Waals surface area contributed by atoms with Gasteiger partial charge in [-0.25, -0.2) is 0 Å². The predicted molar refractivity (Wildman–Crippen MR) is 211 cm³/mol. The molecule has 1 fully saturated rings. The molecule has 0 aromatic carbocycles. The van der Waals surface area contributed by atoms with Gasteiger partial charge >= 0.3 is 0 Å². The number of ether oxygens (including phenoxy) is 11. The number of carbonyl (C=O) groups is 3. The Balaban J connectivity index is 2.14. The maximum Gasteiger partial charge on any atom is 0.222 e. The molecule has 366 valence electrons. The normalized spacial score (nSPS) is 21.6. The zero-order valence-corrected chi connectivity index (χ0v) is 35.8. The molecule has 1 aliphatic rings. The van der Waals surface area contributed by atoms with Gasteiger partial charge in [0.05, 0.1) is 125 Å². The molecule has 0 aromatic rings. The fourth-order valence-electron chi connectivity index (χ4n) is 5.22. The first-order valence-corrected chi connectivity index (χ1v) is 20.6. The lowest BCUT2D eigenvalue weighted by Crippen LogP contribution is -2.59. The second kappa shape index (κ2) is 36.1. The van der Waals surface area contributed by atoms with Crippen LogP contribution in [-0.2, 0) is 66.5 Å². The molecule has 0 aromatic heterocycles. The number of nitrogens with one attached hydrogen (secondary N) is 2. The smallest absolute Gasteiger partial charge is 0.222 e. The van der Waals surface area contributed by atoms with E-state index in [1.807, 2.05) is 6.92 Å². The van der Waals surface area contributed by atoms with Crippen LogP contribution < -0.4 is 10.6 Å². The van der Waals surface area contributed by atoms with Crippen LogP contribution in [0.3, 0.4) is 0 Å². The molecule has 62 heavy (non-hydrogen) atoms. The Labute approximate surface area is 361 Å². The number of carbonyl (C=O) groups excluding carboxylic acids is 3. The van der Waals surface area contributed by atoms with Gasteiger partial charge in [-0.1, -0.05) is 6.92 Å². The topological polar surface area (TPSA) is 339 Å². The SMILES string of the molecule is CC(O)C(CO)OC(OCCOCCOCCNC(=O)CCOCC(C)(COCCC=O)COCCC(=O)NCCOCCOCCOC1OC(CO)C(O)C(O)C1O)C(O)O. The largest absolute Gasteiger partial charge is 0.394 e. The van der Waals surface area contributed by atoms with Gasteiger partial charge in [-0.15, -0.1) is 0 Å². The molecule has 0 aliphatic carbocycles. The summed E-state index contributed by atoms with van der Waals surface area (Å²) in [5, 5.41) is 81.7. The first kappa shape index (κ1) is 57.9. The van der Waals surface area contributed by atoms with E-state index in [-0.39, 0.29) is 150 Å². The average molecular weight is 909 g/mol. The van der Waals surface area contributed by atoms with E-state index in [4.69, 9.17) is 52.1 Å². The van der Waals surface area contributed by atoms with Crippen molar-refractivity contribution in [2.75, 3.05) is 132 Å². The molecule has 9 unspecified atom stereocenters. The van der Waals surface area contributed by atoms with Crippen LogP contribution in [0.4, 0.5) is 0 Å². The molecular formula is C38H72N2O22. The maximum absolute atomic E-state index is 12.3. The number of aliphatic hydroxyl groups is 8. The Morgan fingerprint density at radius 1 is 0.677 bits per heavy atom. The minimum atomic E-state index is -1.99. The summed E-state index contributed by atoms with van der Waals surface area (Å²) in [6, 6.07) is 0. The fourth-order valence-corrected chi connectivity index (χ4v) is 5.22. The van der Waals surface area contributed by atoms with E-state index in [1.165, 1.54) is 6.92 Å². The van der Waals surface area contributed by atoms with Crippen LogP contribution in [0.5, 0.6) is 0 Å². The summed E-state index contributed by atoms with van der Waals surface area (Å²) >= 11 is 0. The van der Waals surface area contributed by atoms with Gasteiger partial charge in [-0.3, -0.25) is 9.59 Å². The molecule has 0 saturated carbocycles. The highest BCUT2D eigenvalue weighted by molar-refractivity contribution is 5.76. The molecule has 10 N–H and O–H groups in total. The monoisotopic (exact) mass is 908 g/mol. The van der Waals surface area contributed by atoms with Crippen molar-refractivity contribution in [2.45, 2.75) is 88.6 Å². The van der Waals surface area contributed by atoms with Gasteiger partial charge in [0, 0.05) is 37.8 Å². The summed E-state index contributed by atoms with van der Waals surface area (Å²) in [4.78, 5) is 35.2. The van der Waals surface area contributed by atoms with E-state index < -0.39 is 74.1 Å². The van der Waals surface area contributed by atoms with Crippen LogP contribution in [0.1, 0.15) is 33.1 Å². The van der Waals surface area contributed by atoms with Gasteiger partial charge in [0.2, 0.25) is 24.4 Å². The number of rotatable bonds is 41. The average Bonchev–Trinajstić information content (AvgIpc) is 3.24. The van der Waals surface area contributed by atoms with Gasteiger partial charge < -0.3 is 108 Å². The third-order valence-electron chi connectivity index (χ3n) is 8.70. The summed E-state index contributed by atoms with van der Waals surface area (Å²) in [5.41, 5.74) is -0.628. The van der Waals surface area contributed by atoms with Crippen molar-refractivity contribution in [3.63, 3.8) is 0 Å². The summed E-state index contributed by atoms with van der Waals surface area (Å²) in [7, 11) is 0. The third-order valence-corrected chi connectivity index (χ3v) is 8.70. The van der Waals surface area contributed by atoms with Gasteiger partial charge in [0.1, 0.15) is 36.8 Å². The minimum Gasteiger partial charge on any atom is -0.394 e. The van der Waals surface area contributed by atoms with Gasteiger partial charge in [0.15, 0.2) is 6.29 Å². The Bertz CT molecular complexity index is 1130. The lowest BCUT2D eigenvalue weighted by Gasteiger charge is -2.39. The summed E-state index contributed by atoms with van der Waals surface area (Å²) in [6.07, 6.45) is -11.2. The highest BCUT2D eigenvalue weighted by Crippen LogP contribution is 2.22. The fraction of sp³-hybridized carbons (Fsp3) is 0.921. The van der Waals surface area contributed by atoms with Crippen LogP contribution in [0.25, 0.3) is 0 Å². The molecule has 0 radical (unpaired) electrons. The molecule has 24 heteroatoms. The predicted octanol–water partition coefficient (Wildman–Crippen LogP) is -5.06. The lowest BCUT2D eigenvalue weighted by molar-refractivity contribution is -0.302. The number of amides is 2. The Hall–Kier alpha value is -2.15. The van der Waals surface area contributed by atoms with Crippen LogP contribution in [-0.4, -0.2) is 246 Å². The van der Waals surface area contributed by atoms with Crippen molar-refractivity contribution in [2.24, 2.45) is 5.41 Å². The number of hydrogen-bond donors (Lipinski definition) is 10. The lowest BCUT2D eigenvalue weighted by atomic mass is 9.94. The van der Waals surface area contributed by atoms with Crippen molar-refractivity contribution in [3.8, 4) is 0 Å². The van der Waals surface area contributed by atoms with Crippen molar-refractivity contribution in [3.05, 3.63) is 0 Å². The van der Waals surface area contributed by atoms with E-state index in [0.717, 1.165) is 6.29 Å². The first-order valence-electron chi connectivity index (χ1n) is 20.6. The quantitative estimate of drug-likeness (QED) is 0.0156. The summed E-state index contributed by atoms with van der Waals surface area (Å²) in [6.45, 7) is 5.30. The van der Waals surface area contributed by atoms with Crippen molar-refractivity contribution in [1.29, 1.82) is 0 Å². The molecule has 2 amide bonds. The molecule has 0 bridgehead atoms. The van der Waals surface area contributed by atoms with Gasteiger partial charge in [-0.05, 0) is 6.92 Å². The second-order valence-electron chi connectivity index (χ2n) is 14.4. The molecule has 24 nitrogen and oxygen atoms in total. The molecule has 9 atom stereocenters. The first-order chi connectivity index (χ1) is 29.8. The van der Waals surface area contributed by atoms with E-state index in [9.17, 15) is 55.2 Å². The molecular weight excluding hydrogens is 836 g/mol. The maximum atomic E-state index is 12.3. The van der Waals surface area contributed by atoms with Crippen molar-refractivity contribution >= 4 is 18.1 Å². The zero-order chi connectivity index (χ0) is 46.0. The summed E-state index contributed by atoms with van der Waals surface area (Å²) in [5.74, 6) is -0.483. The van der Waals surface area contributed by atoms with Crippen molar-refractivity contribution in [1.82, 2.24) is 10.6 Å². The Kier molecular flexibility index (Phi) is 33.7. The molecule has 1 aliphatic heterocycles. The van der Waals surface area contributed by atoms with Crippen LogP contribution >= 0.6 is 0 Å². The highest BCUT2D eigenvalue weighted by atomic mass is 16.7. The Morgan fingerprint density at radius 3 is 1.66 bits per heavy atom. The highest BCUT2D eigenvalue weighted by Gasteiger charge is 2.44. The molecule has 1 saturated heterocycles. The van der Waals surface area contributed by atoms with Gasteiger partial charge in [0.25, 0.3) is 0 Å². The molecule has 0 spiro atoms. The second-order valence-corrected chi connectivity index (χ2v) is 14.4. The van der Waals surface area contributed by atoms with E-state index in [1.54, 1.807) is 0 Å².